The van der Waals surface area contributed by atoms with Crippen molar-refractivity contribution in [3.8, 4) is 0 Å². The summed E-state index contributed by atoms with van der Waals surface area (Å²) in [7, 11) is 0. The summed E-state index contributed by atoms with van der Waals surface area (Å²) < 4.78 is 0.900. The fourth-order valence-corrected chi connectivity index (χ4v) is 2.73. The summed E-state index contributed by atoms with van der Waals surface area (Å²) >= 11 is 9.68. The topological polar surface area (TPSA) is 50.9 Å². The molecule has 1 aromatic heterocycles. The minimum Gasteiger partial charge on any atom is -0.399 e. The average molecular weight is 349 g/mol. The van der Waals surface area contributed by atoms with Crippen LogP contribution in [0.25, 0.3) is 10.9 Å². The monoisotopic (exact) mass is 347 g/mol. The summed E-state index contributed by atoms with van der Waals surface area (Å²) in [6.07, 6.45) is 1.75. The van der Waals surface area contributed by atoms with Crippen LogP contribution in [0.1, 0.15) is 0 Å². The van der Waals surface area contributed by atoms with Crippen LogP contribution in [0.5, 0.6) is 0 Å². The number of benzene rings is 2. The highest BCUT2D eigenvalue weighted by Gasteiger charge is 2.07. The van der Waals surface area contributed by atoms with Crippen molar-refractivity contribution in [2.45, 2.75) is 0 Å². The van der Waals surface area contributed by atoms with Gasteiger partial charge >= 0.3 is 0 Å². The normalized spacial score (nSPS) is 10.7. The fraction of sp³-hybridized carbons (Fsp3) is 0. The van der Waals surface area contributed by atoms with E-state index in [9.17, 15) is 0 Å². The van der Waals surface area contributed by atoms with Gasteiger partial charge in [0.1, 0.15) is 0 Å². The van der Waals surface area contributed by atoms with Crippen LogP contribution in [-0.4, -0.2) is 4.98 Å². The van der Waals surface area contributed by atoms with Crippen molar-refractivity contribution in [1.82, 2.24) is 4.98 Å². The minimum atomic E-state index is 0.690. The lowest BCUT2D eigenvalue weighted by Crippen LogP contribution is -1.95. The van der Waals surface area contributed by atoms with Crippen molar-refractivity contribution >= 4 is 55.5 Å². The van der Waals surface area contributed by atoms with Gasteiger partial charge in [-0.15, -0.1) is 0 Å². The number of hydrogen-bond acceptors (Lipinski definition) is 3. The van der Waals surface area contributed by atoms with Gasteiger partial charge in [0.2, 0.25) is 0 Å². The largest absolute Gasteiger partial charge is 0.399 e. The molecule has 20 heavy (non-hydrogen) atoms. The Morgan fingerprint density at radius 1 is 1.10 bits per heavy atom. The van der Waals surface area contributed by atoms with Crippen LogP contribution in [-0.2, 0) is 0 Å². The third kappa shape index (κ3) is 2.44. The van der Waals surface area contributed by atoms with E-state index in [1.807, 2.05) is 42.5 Å². The highest BCUT2D eigenvalue weighted by molar-refractivity contribution is 9.10. The number of halogens is 2. The van der Waals surface area contributed by atoms with Gasteiger partial charge in [0.05, 0.1) is 21.9 Å². The van der Waals surface area contributed by atoms with Gasteiger partial charge in [-0.2, -0.15) is 0 Å². The number of nitrogens with two attached hydrogens (primary N) is 1. The third-order valence-corrected chi connectivity index (χ3v) is 3.96. The van der Waals surface area contributed by atoms with Crippen molar-refractivity contribution < 1.29 is 0 Å². The molecule has 0 fully saturated rings. The van der Waals surface area contributed by atoms with E-state index >= 15 is 0 Å². The fourth-order valence-electron chi connectivity index (χ4n) is 2.02. The van der Waals surface area contributed by atoms with Gasteiger partial charge in [0, 0.05) is 21.7 Å². The summed E-state index contributed by atoms with van der Waals surface area (Å²) in [5.41, 5.74) is 9.11. The lowest BCUT2D eigenvalue weighted by Gasteiger charge is -2.12. The molecule has 0 aliphatic rings. The standard InChI is InChI=1S/C15H11BrClN3/c16-11-8-9(18)3-5-13(11)20-14-6-4-12(17)10-2-1-7-19-15(10)14/h1-8,20H,18H2. The summed E-state index contributed by atoms with van der Waals surface area (Å²) in [6, 6.07) is 13.2. The van der Waals surface area contributed by atoms with Gasteiger partial charge in [-0.05, 0) is 58.4 Å². The first-order chi connectivity index (χ1) is 9.65. The molecule has 0 bridgehead atoms. The molecule has 0 saturated heterocycles. The van der Waals surface area contributed by atoms with E-state index < -0.39 is 0 Å². The summed E-state index contributed by atoms with van der Waals surface area (Å²) in [5.74, 6) is 0. The minimum absolute atomic E-state index is 0.690. The maximum atomic E-state index is 6.19. The van der Waals surface area contributed by atoms with Crippen molar-refractivity contribution in [1.29, 1.82) is 0 Å². The molecule has 1 heterocycles. The Bertz CT molecular complexity index is 789. The van der Waals surface area contributed by atoms with Gasteiger partial charge in [-0.25, -0.2) is 0 Å². The van der Waals surface area contributed by atoms with Crippen molar-refractivity contribution in [2.75, 3.05) is 11.1 Å². The van der Waals surface area contributed by atoms with Crippen LogP contribution in [0.15, 0.2) is 53.1 Å². The molecule has 0 aliphatic heterocycles. The van der Waals surface area contributed by atoms with Gasteiger partial charge in [-0.1, -0.05) is 11.6 Å². The predicted molar refractivity (Wildman–Crippen MR) is 88.6 cm³/mol. The van der Waals surface area contributed by atoms with Gasteiger partial charge < -0.3 is 11.1 Å². The molecular formula is C15H11BrClN3. The molecule has 0 atom stereocenters. The molecule has 3 nitrogen and oxygen atoms in total. The Morgan fingerprint density at radius 2 is 1.90 bits per heavy atom. The van der Waals surface area contributed by atoms with Crippen LogP contribution < -0.4 is 11.1 Å². The average Bonchev–Trinajstić information content (AvgIpc) is 2.45. The second-order valence-electron chi connectivity index (χ2n) is 4.36. The van der Waals surface area contributed by atoms with Crippen molar-refractivity contribution in [3.63, 3.8) is 0 Å². The number of hydrogen-bond donors (Lipinski definition) is 2. The zero-order chi connectivity index (χ0) is 14.1. The number of rotatable bonds is 2. The molecule has 0 radical (unpaired) electrons. The number of fused-ring (bicyclic) bond motifs is 1. The quantitative estimate of drug-likeness (QED) is 0.642. The highest BCUT2D eigenvalue weighted by Crippen LogP contribution is 2.33. The van der Waals surface area contributed by atoms with E-state index in [4.69, 9.17) is 17.3 Å². The van der Waals surface area contributed by atoms with E-state index in [2.05, 4.69) is 26.2 Å². The van der Waals surface area contributed by atoms with E-state index in [1.165, 1.54) is 0 Å². The van der Waals surface area contributed by atoms with E-state index in [-0.39, 0.29) is 0 Å². The Morgan fingerprint density at radius 3 is 2.70 bits per heavy atom. The smallest absolute Gasteiger partial charge is 0.0951 e. The number of nitrogens with one attached hydrogen (secondary N) is 1. The van der Waals surface area contributed by atoms with Gasteiger partial charge in [-0.3, -0.25) is 4.98 Å². The molecule has 0 aliphatic carbocycles. The van der Waals surface area contributed by atoms with Crippen LogP contribution in [0.4, 0.5) is 17.1 Å². The molecular weight excluding hydrogens is 338 g/mol. The van der Waals surface area contributed by atoms with Crippen LogP contribution in [0, 0.1) is 0 Å². The highest BCUT2D eigenvalue weighted by atomic mass is 79.9. The van der Waals surface area contributed by atoms with E-state index in [0.29, 0.717) is 10.7 Å². The van der Waals surface area contributed by atoms with Crippen LogP contribution in [0.2, 0.25) is 5.02 Å². The van der Waals surface area contributed by atoms with Crippen molar-refractivity contribution in [3.05, 3.63) is 58.2 Å². The maximum absolute atomic E-state index is 6.19. The zero-order valence-electron chi connectivity index (χ0n) is 10.4. The Hall–Kier alpha value is -1.78. The first kappa shape index (κ1) is 13.2. The first-order valence-electron chi connectivity index (χ1n) is 6.00. The van der Waals surface area contributed by atoms with E-state index in [0.717, 1.165) is 26.8 Å². The Balaban J connectivity index is 2.09. The van der Waals surface area contributed by atoms with E-state index in [1.54, 1.807) is 6.20 Å². The molecule has 3 N–H and O–H groups in total. The van der Waals surface area contributed by atoms with Gasteiger partial charge in [0.15, 0.2) is 0 Å². The molecule has 0 unspecified atom stereocenters. The lowest BCUT2D eigenvalue weighted by molar-refractivity contribution is 1.40. The molecule has 2 aromatic carbocycles. The zero-order valence-corrected chi connectivity index (χ0v) is 12.7. The Labute approximate surface area is 129 Å². The summed E-state index contributed by atoms with van der Waals surface area (Å²) in [4.78, 5) is 4.40. The molecule has 0 amide bonds. The number of nitrogen functional groups attached to an aromatic ring is 1. The second-order valence-corrected chi connectivity index (χ2v) is 5.62. The van der Waals surface area contributed by atoms with Crippen LogP contribution in [0.3, 0.4) is 0 Å². The second kappa shape index (κ2) is 5.31. The number of anilines is 3. The molecule has 0 saturated carbocycles. The summed E-state index contributed by atoms with van der Waals surface area (Å²) in [5, 5.41) is 4.96. The maximum Gasteiger partial charge on any atom is 0.0951 e. The number of pyridine rings is 1. The van der Waals surface area contributed by atoms with Crippen molar-refractivity contribution in [2.24, 2.45) is 0 Å². The number of aromatic nitrogens is 1. The summed E-state index contributed by atoms with van der Waals surface area (Å²) in [6.45, 7) is 0. The molecule has 5 heteroatoms. The first-order valence-corrected chi connectivity index (χ1v) is 7.17. The lowest BCUT2D eigenvalue weighted by atomic mass is 10.2. The van der Waals surface area contributed by atoms with Gasteiger partial charge in [0.25, 0.3) is 0 Å². The predicted octanol–water partition coefficient (Wildman–Crippen LogP) is 4.98. The number of nitrogens with zero attached hydrogens (tertiary/aromatic N) is 1. The molecule has 100 valence electrons. The SMILES string of the molecule is Nc1ccc(Nc2ccc(Cl)c3cccnc23)c(Br)c1. The third-order valence-electron chi connectivity index (χ3n) is 2.98. The molecule has 0 spiro atoms. The van der Waals surface area contributed by atoms with Crippen LogP contribution >= 0.6 is 27.5 Å². The molecule has 3 rings (SSSR count). The molecule has 3 aromatic rings. The Kier molecular flexibility index (Phi) is 3.51.